The third-order valence-electron chi connectivity index (χ3n) is 4.56. The molecule has 2 N–H and O–H groups in total. The molecule has 0 atom stereocenters. The SMILES string of the molecule is COc1cc2[nH]cc(CC(=O)Nc3ccc4c(c3)OCO4)c2c(OC)c1OC. The van der Waals surface area contributed by atoms with Crippen LogP contribution in [0.4, 0.5) is 5.69 Å². The minimum Gasteiger partial charge on any atom is -0.493 e. The average molecular weight is 384 g/mol. The zero-order valence-corrected chi connectivity index (χ0v) is 15.8. The van der Waals surface area contributed by atoms with Crippen molar-refractivity contribution in [2.75, 3.05) is 33.4 Å². The molecule has 4 rings (SSSR count). The molecule has 2 heterocycles. The van der Waals surface area contributed by atoms with Crippen LogP contribution in [0.1, 0.15) is 5.56 Å². The van der Waals surface area contributed by atoms with Gasteiger partial charge in [0, 0.05) is 29.4 Å². The van der Waals surface area contributed by atoms with E-state index < -0.39 is 0 Å². The molecule has 1 aromatic heterocycles. The van der Waals surface area contributed by atoms with Crippen LogP contribution in [0.2, 0.25) is 0 Å². The standard InChI is InChI=1S/C20H20N2O6/c1-24-16-8-13-18(20(26-3)19(16)25-2)11(9-21-13)6-17(23)22-12-4-5-14-15(7-12)28-10-27-14/h4-5,7-9,21H,6,10H2,1-3H3,(H,22,23). The number of hydrogen-bond donors (Lipinski definition) is 2. The van der Waals surface area contributed by atoms with Gasteiger partial charge >= 0.3 is 0 Å². The highest BCUT2D eigenvalue weighted by Gasteiger charge is 2.21. The van der Waals surface area contributed by atoms with Gasteiger partial charge in [-0.3, -0.25) is 4.79 Å². The van der Waals surface area contributed by atoms with E-state index in [1.165, 1.54) is 0 Å². The van der Waals surface area contributed by atoms with Gasteiger partial charge in [-0.15, -0.1) is 0 Å². The average Bonchev–Trinajstić information content (AvgIpc) is 3.32. The fraction of sp³-hybridized carbons (Fsp3) is 0.250. The van der Waals surface area contributed by atoms with Crippen molar-refractivity contribution in [1.82, 2.24) is 4.98 Å². The van der Waals surface area contributed by atoms with Crippen LogP contribution in [0.3, 0.4) is 0 Å². The van der Waals surface area contributed by atoms with Crippen LogP contribution in [0.15, 0.2) is 30.5 Å². The predicted octanol–water partition coefficient (Wildman–Crippen LogP) is 3.10. The molecule has 0 fully saturated rings. The monoisotopic (exact) mass is 384 g/mol. The minimum atomic E-state index is -0.170. The molecule has 0 bridgehead atoms. The van der Waals surface area contributed by atoms with Crippen LogP contribution in [0, 0.1) is 0 Å². The Balaban J connectivity index is 1.61. The minimum absolute atomic E-state index is 0.153. The van der Waals surface area contributed by atoms with Crippen LogP contribution in [0.25, 0.3) is 10.9 Å². The number of ether oxygens (including phenoxy) is 5. The number of methoxy groups -OCH3 is 3. The fourth-order valence-electron chi connectivity index (χ4n) is 3.32. The van der Waals surface area contributed by atoms with E-state index in [4.69, 9.17) is 23.7 Å². The Labute approximate surface area is 161 Å². The van der Waals surface area contributed by atoms with E-state index in [0.717, 1.165) is 16.5 Å². The summed E-state index contributed by atoms with van der Waals surface area (Å²) in [5, 5.41) is 3.66. The summed E-state index contributed by atoms with van der Waals surface area (Å²) in [4.78, 5) is 15.8. The summed E-state index contributed by atoms with van der Waals surface area (Å²) in [5.74, 6) is 2.66. The summed E-state index contributed by atoms with van der Waals surface area (Å²) >= 11 is 0. The number of aromatic amines is 1. The van der Waals surface area contributed by atoms with Gasteiger partial charge in [-0.2, -0.15) is 0 Å². The largest absolute Gasteiger partial charge is 0.493 e. The molecule has 0 radical (unpaired) electrons. The van der Waals surface area contributed by atoms with Crippen LogP contribution in [-0.2, 0) is 11.2 Å². The molecule has 146 valence electrons. The van der Waals surface area contributed by atoms with Crippen molar-refractivity contribution < 1.29 is 28.5 Å². The van der Waals surface area contributed by atoms with E-state index in [9.17, 15) is 4.79 Å². The molecule has 3 aromatic rings. The Morgan fingerprint density at radius 3 is 2.61 bits per heavy atom. The van der Waals surface area contributed by atoms with Crippen LogP contribution < -0.4 is 29.0 Å². The number of rotatable bonds is 6. The van der Waals surface area contributed by atoms with E-state index >= 15 is 0 Å². The number of H-pyrrole nitrogens is 1. The van der Waals surface area contributed by atoms with Gasteiger partial charge in [0.2, 0.25) is 18.4 Å². The quantitative estimate of drug-likeness (QED) is 0.679. The lowest BCUT2D eigenvalue weighted by molar-refractivity contribution is -0.115. The number of amides is 1. The number of carbonyl (C=O) groups is 1. The van der Waals surface area contributed by atoms with Gasteiger partial charge in [-0.25, -0.2) is 0 Å². The maximum absolute atomic E-state index is 12.6. The first kappa shape index (κ1) is 17.8. The molecule has 0 saturated carbocycles. The molecule has 8 heteroatoms. The highest BCUT2D eigenvalue weighted by Crippen LogP contribution is 2.44. The van der Waals surface area contributed by atoms with Crippen molar-refractivity contribution in [3.05, 3.63) is 36.0 Å². The van der Waals surface area contributed by atoms with E-state index in [1.54, 1.807) is 45.7 Å². The number of carbonyl (C=O) groups excluding carboxylic acids is 1. The maximum atomic E-state index is 12.6. The molecule has 2 aromatic carbocycles. The Morgan fingerprint density at radius 2 is 1.86 bits per heavy atom. The summed E-state index contributed by atoms with van der Waals surface area (Å²) in [6.45, 7) is 0.188. The van der Waals surface area contributed by atoms with E-state index in [1.807, 2.05) is 6.07 Å². The number of anilines is 1. The Kier molecular flexibility index (Phi) is 4.60. The van der Waals surface area contributed by atoms with Crippen molar-refractivity contribution in [2.24, 2.45) is 0 Å². The molecular weight excluding hydrogens is 364 g/mol. The van der Waals surface area contributed by atoms with Crippen molar-refractivity contribution >= 4 is 22.5 Å². The molecule has 0 spiro atoms. The number of aromatic nitrogens is 1. The van der Waals surface area contributed by atoms with Gasteiger partial charge < -0.3 is 34.0 Å². The highest BCUT2D eigenvalue weighted by atomic mass is 16.7. The van der Waals surface area contributed by atoms with Gasteiger partial charge in [0.15, 0.2) is 23.0 Å². The Bertz CT molecular complexity index is 1040. The molecule has 8 nitrogen and oxygen atoms in total. The molecule has 0 saturated heterocycles. The van der Waals surface area contributed by atoms with Crippen LogP contribution in [0.5, 0.6) is 28.7 Å². The van der Waals surface area contributed by atoms with Gasteiger partial charge in [-0.1, -0.05) is 0 Å². The number of fused-ring (bicyclic) bond motifs is 2. The second kappa shape index (κ2) is 7.22. The second-order valence-electron chi connectivity index (χ2n) is 6.17. The van der Waals surface area contributed by atoms with Crippen molar-refractivity contribution in [2.45, 2.75) is 6.42 Å². The lowest BCUT2D eigenvalue weighted by Gasteiger charge is -2.14. The molecule has 1 aliphatic rings. The van der Waals surface area contributed by atoms with Crippen molar-refractivity contribution in [3.8, 4) is 28.7 Å². The number of benzene rings is 2. The normalized spacial score (nSPS) is 12.1. The lowest BCUT2D eigenvalue weighted by atomic mass is 10.1. The highest BCUT2D eigenvalue weighted by molar-refractivity contribution is 5.99. The molecule has 1 aliphatic heterocycles. The summed E-state index contributed by atoms with van der Waals surface area (Å²) < 4.78 is 27.0. The van der Waals surface area contributed by atoms with E-state index in [-0.39, 0.29) is 19.1 Å². The number of nitrogens with one attached hydrogen (secondary N) is 2. The predicted molar refractivity (Wildman–Crippen MR) is 103 cm³/mol. The lowest BCUT2D eigenvalue weighted by Crippen LogP contribution is -2.14. The zero-order valence-electron chi connectivity index (χ0n) is 15.8. The van der Waals surface area contributed by atoms with Crippen LogP contribution in [-0.4, -0.2) is 39.0 Å². The molecule has 0 unspecified atom stereocenters. The van der Waals surface area contributed by atoms with Gasteiger partial charge in [0.05, 0.1) is 33.3 Å². The Morgan fingerprint density at radius 1 is 1.07 bits per heavy atom. The van der Waals surface area contributed by atoms with Gasteiger partial charge in [0.25, 0.3) is 0 Å². The van der Waals surface area contributed by atoms with Crippen molar-refractivity contribution in [1.29, 1.82) is 0 Å². The zero-order chi connectivity index (χ0) is 19.7. The smallest absolute Gasteiger partial charge is 0.231 e. The third-order valence-corrected chi connectivity index (χ3v) is 4.56. The molecule has 0 aliphatic carbocycles. The van der Waals surface area contributed by atoms with Crippen molar-refractivity contribution in [3.63, 3.8) is 0 Å². The first-order valence-corrected chi connectivity index (χ1v) is 8.63. The first-order valence-electron chi connectivity index (χ1n) is 8.63. The number of hydrogen-bond acceptors (Lipinski definition) is 6. The summed E-state index contributed by atoms with van der Waals surface area (Å²) in [5.41, 5.74) is 2.21. The molecule has 1 amide bonds. The molecule has 28 heavy (non-hydrogen) atoms. The summed E-state index contributed by atoms with van der Waals surface area (Å²) in [6, 6.07) is 7.10. The topological polar surface area (TPSA) is 91.0 Å². The van der Waals surface area contributed by atoms with Gasteiger partial charge in [-0.05, 0) is 17.7 Å². The second-order valence-corrected chi connectivity index (χ2v) is 6.17. The first-order chi connectivity index (χ1) is 13.6. The van der Waals surface area contributed by atoms with E-state index in [2.05, 4.69) is 10.3 Å². The Hall–Kier alpha value is -3.55. The van der Waals surface area contributed by atoms with Gasteiger partial charge in [0.1, 0.15) is 0 Å². The molecular formula is C20H20N2O6. The van der Waals surface area contributed by atoms with E-state index in [0.29, 0.717) is 34.4 Å². The summed E-state index contributed by atoms with van der Waals surface area (Å²) in [6.07, 6.45) is 1.94. The maximum Gasteiger partial charge on any atom is 0.231 e. The third kappa shape index (κ3) is 3.02. The summed E-state index contributed by atoms with van der Waals surface area (Å²) in [7, 11) is 4.66. The van der Waals surface area contributed by atoms with Crippen LogP contribution >= 0.6 is 0 Å². The fourth-order valence-corrected chi connectivity index (χ4v) is 3.32.